The Balaban J connectivity index is 2.12. The van der Waals surface area contributed by atoms with Crippen molar-refractivity contribution >= 4 is 0 Å². The Morgan fingerprint density at radius 1 is 1.42 bits per heavy atom. The number of benzene rings is 1. The van der Waals surface area contributed by atoms with Crippen LogP contribution in [-0.4, -0.2) is 10.1 Å². The van der Waals surface area contributed by atoms with Crippen molar-refractivity contribution < 1.29 is 9.26 Å². The fourth-order valence-corrected chi connectivity index (χ4v) is 1.77. The van der Waals surface area contributed by atoms with E-state index >= 15 is 0 Å². The molecule has 0 aliphatic heterocycles. The molecule has 2 aromatic rings. The van der Waals surface area contributed by atoms with E-state index in [4.69, 9.17) is 15.0 Å². The number of aromatic nitrogens is 2. The highest BCUT2D eigenvalue weighted by atomic mass is 16.5. The first kappa shape index (κ1) is 13.5. The predicted molar refractivity (Wildman–Crippen MR) is 71.8 cm³/mol. The van der Waals surface area contributed by atoms with Gasteiger partial charge in [0.25, 0.3) is 5.89 Å². The highest BCUT2D eigenvalue weighted by molar-refractivity contribution is 5.38. The number of ether oxygens (including phenoxy) is 1. The van der Waals surface area contributed by atoms with Gasteiger partial charge in [-0.3, -0.25) is 0 Å². The molecule has 102 valence electrons. The van der Waals surface area contributed by atoms with E-state index in [9.17, 15) is 0 Å². The molecule has 0 saturated carbocycles. The molecule has 5 nitrogen and oxygen atoms in total. The monoisotopic (exact) mass is 261 g/mol. The minimum Gasteiger partial charge on any atom is -0.483 e. The molecule has 0 radical (unpaired) electrons. The SMILES string of the molecule is CCc1noc(COc2cc(C)ccc2[C@H](C)N)n1. The summed E-state index contributed by atoms with van der Waals surface area (Å²) in [5, 5.41) is 3.83. The summed E-state index contributed by atoms with van der Waals surface area (Å²) in [4.78, 5) is 4.21. The Bertz CT molecular complexity index is 549. The maximum absolute atomic E-state index is 5.93. The molecule has 0 spiro atoms. The van der Waals surface area contributed by atoms with Crippen LogP contribution in [0.1, 0.15) is 42.7 Å². The van der Waals surface area contributed by atoms with Gasteiger partial charge in [0.2, 0.25) is 0 Å². The number of nitrogens with zero attached hydrogens (tertiary/aromatic N) is 2. The van der Waals surface area contributed by atoms with Crippen molar-refractivity contribution in [2.75, 3.05) is 0 Å². The van der Waals surface area contributed by atoms with Crippen LogP contribution in [0.4, 0.5) is 0 Å². The largest absolute Gasteiger partial charge is 0.483 e. The van der Waals surface area contributed by atoms with Crippen molar-refractivity contribution in [2.45, 2.75) is 39.8 Å². The molecule has 0 amide bonds. The lowest BCUT2D eigenvalue weighted by Gasteiger charge is -2.13. The Kier molecular flexibility index (Phi) is 4.16. The standard InChI is InChI=1S/C14H19N3O2/c1-4-13-16-14(19-17-13)8-18-12-7-9(2)5-6-11(12)10(3)15/h5-7,10H,4,8,15H2,1-3H3/t10-/m0/s1. The van der Waals surface area contributed by atoms with Crippen molar-refractivity contribution in [1.82, 2.24) is 10.1 Å². The predicted octanol–water partition coefficient (Wildman–Crippen LogP) is 2.54. The third-order valence-electron chi connectivity index (χ3n) is 2.84. The second kappa shape index (κ2) is 5.84. The summed E-state index contributed by atoms with van der Waals surface area (Å²) in [5.41, 5.74) is 8.03. The molecule has 0 fully saturated rings. The van der Waals surface area contributed by atoms with Gasteiger partial charge in [0, 0.05) is 18.0 Å². The molecule has 1 aromatic heterocycles. The highest BCUT2D eigenvalue weighted by Gasteiger charge is 2.11. The van der Waals surface area contributed by atoms with Gasteiger partial charge in [-0.25, -0.2) is 0 Å². The zero-order chi connectivity index (χ0) is 13.8. The average Bonchev–Trinajstić information content (AvgIpc) is 2.84. The van der Waals surface area contributed by atoms with E-state index in [2.05, 4.69) is 10.1 Å². The molecular formula is C14H19N3O2. The van der Waals surface area contributed by atoms with Gasteiger partial charge < -0.3 is 15.0 Å². The quantitative estimate of drug-likeness (QED) is 0.895. The number of aryl methyl sites for hydroxylation is 2. The van der Waals surface area contributed by atoms with Gasteiger partial charge in [-0.05, 0) is 25.5 Å². The minimum atomic E-state index is -0.0792. The lowest BCUT2D eigenvalue weighted by molar-refractivity contribution is 0.240. The van der Waals surface area contributed by atoms with Crippen LogP contribution in [0.15, 0.2) is 22.7 Å². The topological polar surface area (TPSA) is 74.2 Å². The molecule has 0 saturated heterocycles. The summed E-state index contributed by atoms with van der Waals surface area (Å²) in [5.74, 6) is 1.94. The lowest BCUT2D eigenvalue weighted by atomic mass is 10.1. The van der Waals surface area contributed by atoms with Crippen molar-refractivity contribution in [3.05, 3.63) is 41.0 Å². The maximum Gasteiger partial charge on any atom is 0.264 e. The molecule has 0 aliphatic carbocycles. The van der Waals surface area contributed by atoms with Gasteiger partial charge >= 0.3 is 0 Å². The second-order valence-corrected chi connectivity index (χ2v) is 4.58. The van der Waals surface area contributed by atoms with Crippen LogP contribution in [0.2, 0.25) is 0 Å². The van der Waals surface area contributed by atoms with E-state index in [0.29, 0.717) is 11.7 Å². The van der Waals surface area contributed by atoms with E-state index < -0.39 is 0 Å². The third-order valence-corrected chi connectivity index (χ3v) is 2.84. The fraction of sp³-hybridized carbons (Fsp3) is 0.429. The first-order chi connectivity index (χ1) is 9.10. The number of nitrogens with two attached hydrogens (primary N) is 1. The Labute approximate surface area is 112 Å². The normalized spacial score (nSPS) is 12.4. The van der Waals surface area contributed by atoms with Crippen molar-refractivity contribution in [2.24, 2.45) is 5.73 Å². The van der Waals surface area contributed by atoms with Crippen LogP contribution in [0.3, 0.4) is 0 Å². The number of hydrogen-bond donors (Lipinski definition) is 1. The fourth-order valence-electron chi connectivity index (χ4n) is 1.77. The molecule has 1 atom stereocenters. The van der Waals surface area contributed by atoms with E-state index in [1.165, 1.54) is 0 Å². The summed E-state index contributed by atoms with van der Waals surface area (Å²) >= 11 is 0. The van der Waals surface area contributed by atoms with Crippen molar-refractivity contribution in [1.29, 1.82) is 0 Å². The van der Waals surface area contributed by atoms with Gasteiger partial charge in [-0.1, -0.05) is 24.2 Å². The van der Waals surface area contributed by atoms with E-state index in [1.54, 1.807) is 0 Å². The van der Waals surface area contributed by atoms with Crippen LogP contribution in [-0.2, 0) is 13.0 Å². The van der Waals surface area contributed by atoms with Crippen molar-refractivity contribution in [3.8, 4) is 5.75 Å². The van der Waals surface area contributed by atoms with E-state index in [0.717, 1.165) is 23.3 Å². The number of rotatable bonds is 5. The molecule has 2 N–H and O–H groups in total. The average molecular weight is 261 g/mol. The Hall–Kier alpha value is -1.88. The van der Waals surface area contributed by atoms with E-state index in [1.807, 2.05) is 39.0 Å². The summed E-state index contributed by atoms with van der Waals surface area (Å²) in [6, 6.07) is 5.90. The second-order valence-electron chi connectivity index (χ2n) is 4.58. The van der Waals surface area contributed by atoms with E-state index in [-0.39, 0.29) is 12.6 Å². The van der Waals surface area contributed by atoms with Gasteiger partial charge in [-0.2, -0.15) is 4.98 Å². The highest BCUT2D eigenvalue weighted by Crippen LogP contribution is 2.25. The summed E-state index contributed by atoms with van der Waals surface area (Å²) in [6.45, 7) is 6.18. The molecule has 1 heterocycles. The lowest BCUT2D eigenvalue weighted by Crippen LogP contribution is -2.08. The van der Waals surface area contributed by atoms with Gasteiger partial charge in [-0.15, -0.1) is 0 Å². The first-order valence-corrected chi connectivity index (χ1v) is 6.40. The zero-order valence-electron chi connectivity index (χ0n) is 11.5. The van der Waals surface area contributed by atoms with Gasteiger partial charge in [0.1, 0.15) is 5.75 Å². The molecule has 0 aliphatic rings. The summed E-state index contributed by atoms with van der Waals surface area (Å²) < 4.78 is 10.8. The molecule has 1 aromatic carbocycles. The van der Waals surface area contributed by atoms with Crippen LogP contribution >= 0.6 is 0 Å². The summed E-state index contributed by atoms with van der Waals surface area (Å²) in [7, 11) is 0. The van der Waals surface area contributed by atoms with Crippen LogP contribution in [0.5, 0.6) is 5.75 Å². The molecule has 5 heteroatoms. The summed E-state index contributed by atoms with van der Waals surface area (Å²) in [6.07, 6.45) is 0.749. The molecular weight excluding hydrogens is 242 g/mol. The first-order valence-electron chi connectivity index (χ1n) is 6.40. The Morgan fingerprint density at radius 2 is 2.21 bits per heavy atom. The minimum absolute atomic E-state index is 0.0792. The van der Waals surface area contributed by atoms with Crippen LogP contribution in [0, 0.1) is 6.92 Å². The van der Waals surface area contributed by atoms with Crippen LogP contribution < -0.4 is 10.5 Å². The van der Waals surface area contributed by atoms with Crippen LogP contribution in [0.25, 0.3) is 0 Å². The Morgan fingerprint density at radius 3 is 2.84 bits per heavy atom. The molecule has 0 unspecified atom stereocenters. The molecule has 0 bridgehead atoms. The molecule has 19 heavy (non-hydrogen) atoms. The van der Waals surface area contributed by atoms with Gasteiger partial charge in [0.05, 0.1) is 0 Å². The van der Waals surface area contributed by atoms with Crippen molar-refractivity contribution in [3.63, 3.8) is 0 Å². The smallest absolute Gasteiger partial charge is 0.264 e. The molecule has 2 rings (SSSR count). The maximum atomic E-state index is 5.93. The third kappa shape index (κ3) is 3.32. The van der Waals surface area contributed by atoms with Gasteiger partial charge in [0.15, 0.2) is 12.4 Å². The zero-order valence-corrected chi connectivity index (χ0v) is 11.5. The number of hydrogen-bond acceptors (Lipinski definition) is 5.